The predicted molar refractivity (Wildman–Crippen MR) is 157 cm³/mol. The summed E-state index contributed by atoms with van der Waals surface area (Å²) in [5.41, 5.74) is 4.82. The first kappa shape index (κ1) is 27.1. The molecule has 0 aliphatic carbocycles. The van der Waals surface area contributed by atoms with E-state index in [0.29, 0.717) is 34.3 Å². The fourth-order valence-corrected chi connectivity index (χ4v) is 4.23. The molecule has 206 valence electrons. The van der Waals surface area contributed by atoms with Crippen molar-refractivity contribution >= 4 is 17.5 Å². The molecule has 10 nitrogen and oxygen atoms in total. The van der Waals surface area contributed by atoms with Gasteiger partial charge in [0, 0.05) is 42.7 Å². The third-order valence-corrected chi connectivity index (χ3v) is 6.41. The summed E-state index contributed by atoms with van der Waals surface area (Å²) in [6.07, 6.45) is 3.42. The SMILES string of the molecule is Cc1cc(NC(=O)Nc2cc(C(C)(C)C)nn2-c2cccc(C#N)c2)ccc1Oc1ccnc(-c2ccnn2C)c1. The second-order valence-electron chi connectivity index (χ2n) is 10.6. The van der Waals surface area contributed by atoms with Crippen LogP contribution < -0.4 is 15.4 Å². The number of nitrogens with zero attached hydrogens (tertiary/aromatic N) is 6. The number of aryl methyl sites for hydroxylation is 2. The van der Waals surface area contributed by atoms with E-state index in [1.54, 1.807) is 52.1 Å². The number of anilines is 2. The molecule has 0 unspecified atom stereocenters. The number of amides is 2. The summed E-state index contributed by atoms with van der Waals surface area (Å²) in [7, 11) is 1.86. The fraction of sp³-hybridized carbons (Fsp3) is 0.194. The number of ether oxygens (including phenoxy) is 1. The molecule has 10 heteroatoms. The second kappa shape index (κ2) is 11.0. The van der Waals surface area contributed by atoms with Gasteiger partial charge in [0.1, 0.15) is 17.3 Å². The molecule has 0 saturated carbocycles. The van der Waals surface area contributed by atoms with E-state index in [2.05, 4.69) is 26.8 Å². The van der Waals surface area contributed by atoms with Gasteiger partial charge in [0.25, 0.3) is 0 Å². The molecule has 0 saturated heterocycles. The molecule has 41 heavy (non-hydrogen) atoms. The highest BCUT2D eigenvalue weighted by Gasteiger charge is 2.22. The predicted octanol–water partition coefficient (Wildman–Crippen LogP) is 6.58. The largest absolute Gasteiger partial charge is 0.457 e. The Hall–Kier alpha value is -5.43. The van der Waals surface area contributed by atoms with E-state index in [9.17, 15) is 10.1 Å². The minimum Gasteiger partial charge on any atom is -0.457 e. The maximum absolute atomic E-state index is 13.1. The molecule has 3 aromatic heterocycles. The first-order valence-electron chi connectivity index (χ1n) is 13.0. The zero-order chi connectivity index (χ0) is 29.1. The van der Waals surface area contributed by atoms with Crippen molar-refractivity contribution in [2.75, 3.05) is 10.6 Å². The standard InChI is InChI=1S/C31H30N8O2/c1-20-15-22(9-10-27(20)41-24-11-13-33-25(17-24)26-12-14-34-38(26)5)35-30(40)36-29-18-28(31(2,3)4)37-39(29)23-8-6-7-21(16-23)19-32/h6-18H,1-5H3,(H2,35,36,40). The Morgan fingerprint density at radius 3 is 2.54 bits per heavy atom. The van der Waals surface area contributed by atoms with Gasteiger partial charge in [-0.15, -0.1) is 0 Å². The lowest BCUT2D eigenvalue weighted by atomic mass is 9.92. The average molecular weight is 547 g/mol. The lowest BCUT2D eigenvalue weighted by Gasteiger charge is -2.14. The van der Waals surface area contributed by atoms with Crippen molar-refractivity contribution in [3.63, 3.8) is 0 Å². The van der Waals surface area contributed by atoms with Crippen LogP contribution in [0.25, 0.3) is 17.1 Å². The highest BCUT2D eigenvalue weighted by Crippen LogP contribution is 2.30. The van der Waals surface area contributed by atoms with Crippen LogP contribution in [0.3, 0.4) is 0 Å². The number of pyridine rings is 1. The molecule has 2 N–H and O–H groups in total. The van der Waals surface area contributed by atoms with Gasteiger partial charge in [-0.05, 0) is 61.0 Å². The van der Waals surface area contributed by atoms with Gasteiger partial charge in [0.2, 0.25) is 0 Å². The molecular weight excluding hydrogens is 516 g/mol. The lowest BCUT2D eigenvalue weighted by Crippen LogP contribution is -2.21. The Bertz CT molecular complexity index is 1770. The third kappa shape index (κ3) is 6.09. The Balaban J connectivity index is 1.32. The zero-order valence-electron chi connectivity index (χ0n) is 23.5. The second-order valence-corrected chi connectivity index (χ2v) is 10.6. The first-order chi connectivity index (χ1) is 19.6. The number of hydrogen-bond donors (Lipinski definition) is 2. The van der Waals surface area contributed by atoms with Crippen LogP contribution >= 0.6 is 0 Å². The Morgan fingerprint density at radius 2 is 1.83 bits per heavy atom. The van der Waals surface area contributed by atoms with Crippen molar-refractivity contribution in [1.82, 2.24) is 24.5 Å². The maximum Gasteiger partial charge on any atom is 0.324 e. The molecule has 0 spiro atoms. The molecule has 2 aromatic carbocycles. The van der Waals surface area contributed by atoms with Crippen LogP contribution in [0.2, 0.25) is 0 Å². The zero-order valence-corrected chi connectivity index (χ0v) is 23.5. The Kier molecular flexibility index (Phi) is 7.27. The minimum atomic E-state index is -0.425. The smallest absolute Gasteiger partial charge is 0.324 e. The topological polar surface area (TPSA) is 123 Å². The van der Waals surface area contributed by atoms with Crippen LogP contribution in [0, 0.1) is 18.3 Å². The van der Waals surface area contributed by atoms with Crippen LogP contribution in [-0.4, -0.2) is 30.6 Å². The number of hydrogen-bond acceptors (Lipinski definition) is 6. The van der Waals surface area contributed by atoms with Crippen LogP contribution in [0.15, 0.2) is 79.1 Å². The van der Waals surface area contributed by atoms with Crippen LogP contribution in [0.5, 0.6) is 11.5 Å². The van der Waals surface area contributed by atoms with Crippen molar-refractivity contribution in [2.45, 2.75) is 33.1 Å². The summed E-state index contributed by atoms with van der Waals surface area (Å²) in [6.45, 7) is 8.06. The van der Waals surface area contributed by atoms with E-state index in [4.69, 9.17) is 9.84 Å². The molecule has 5 rings (SSSR count). The summed E-state index contributed by atoms with van der Waals surface area (Å²) in [4.78, 5) is 17.5. The van der Waals surface area contributed by atoms with E-state index >= 15 is 0 Å². The van der Waals surface area contributed by atoms with Gasteiger partial charge in [-0.25, -0.2) is 9.48 Å². The Morgan fingerprint density at radius 1 is 1.00 bits per heavy atom. The van der Waals surface area contributed by atoms with Gasteiger partial charge in [0.15, 0.2) is 0 Å². The average Bonchev–Trinajstić information content (AvgIpc) is 3.57. The van der Waals surface area contributed by atoms with Gasteiger partial charge < -0.3 is 10.1 Å². The van der Waals surface area contributed by atoms with Gasteiger partial charge in [-0.2, -0.15) is 15.5 Å². The van der Waals surface area contributed by atoms with E-state index < -0.39 is 6.03 Å². The van der Waals surface area contributed by atoms with E-state index in [1.807, 2.05) is 71.1 Å². The van der Waals surface area contributed by atoms with Crippen molar-refractivity contribution in [1.29, 1.82) is 5.26 Å². The minimum absolute atomic E-state index is 0.245. The summed E-state index contributed by atoms with van der Waals surface area (Å²) in [5.74, 6) is 1.78. The van der Waals surface area contributed by atoms with Gasteiger partial charge >= 0.3 is 6.03 Å². The van der Waals surface area contributed by atoms with Crippen molar-refractivity contribution in [2.24, 2.45) is 7.05 Å². The number of rotatable bonds is 6. The monoisotopic (exact) mass is 546 g/mol. The molecule has 0 atom stereocenters. The van der Waals surface area contributed by atoms with Crippen LogP contribution in [0.4, 0.5) is 16.3 Å². The number of nitriles is 1. The number of benzene rings is 2. The summed E-state index contributed by atoms with van der Waals surface area (Å²) in [6, 6.07) is 21.6. The number of carbonyl (C=O) groups is 1. The number of carbonyl (C=O) groups excluding carboxylic acids is 1. The van der Waals surface area contributed by atoms with Gasteiger partial charge in [-0.3, -0.25) is 15.0 Å². The molecule has 5 aromatic rings. The molecule has 0 bridgehead atoms. The van der Waals surface area contributed by atoms with Gasteiger partial charge in [0.05, 0.1) is 34.4 Å². The summed E-state index contributed by atoms with van der Waals surface area (Å²) < 4.78 is 9.52. The fourth-order valence-electron chi connectivity index (χ4n) is 4.23. The number of urea groups is 1. The van der Waals surface area contributed by atoms with E-state index in [0.717, 1.165) is 22.6 Å². The third-order valence-electron chi connectivity index (χ3n) is 6.41. The maximum atomic E-state index is 13.1. The number of nitrogens with one attached hydrogen (secondary N) is 2. The van der Waals surface area contributed by atoms with Crippen molar-refractivity contribution in [3.05, 3.63) is 95.9 Å². The molecular formula is C31H30N8O2. The molecule has 0 radical (unpaired) electrons. The molecule has 0 aliphatic rings. The molecule has 3 heterocycles. The highest BCUT2D eigenvalue weighted by atomic mass is 16.5. The highest BCUT2D eigenvalue weighted by molar-refractivity contribution is 5.99. The van der Waals surface area contributed by atoms with E-state index in [-0.39, 0.29) is 5.41 Å². The quantitative estimate of drug-likeness (QED) is 0.248. The number of aromatic nitrogens is 5. The Labute approximate surface area is 238 Å². The van der Waals surface area contributed by atoms with E-state index in [1.165, 1.54) is 0 Å². The molecule has 0 aliphatic heterocycles. The molecule has 0 fully saturated rings. The van der Waals surface area contributed by atoms with Gasteiger partial charge in [-0.1, -0.05) is 26.8 Å². The van der Waals surface area contributed by atoms with Crippen LogP contribution in [0.1, 0.15) is 37.6 Å². The van der Waals surface area contributed by atoms with Crippen molar-refractivity contribution < 1.29 is 9.53 Å². The summed E-state index contributed by atoms with van der Waals surface area (Å²) >= 11 is 0. The summed E-state index contributed by atoms with van der Waals surface area (Å²) in [5, 5.41) is 24.0. The van der Waals surface area contributed by atoms with Crippen LogP contribution in [-0.2, 0) is 12.5 Å². The van der Waals surface area contributed by atoms with Crippen molar-refractivity contribution in [3.8, 4) is 34.6 Å². The lowest BCUT2D eigenvalue weighted by molar-refractivity contribution is 0.262. The molecule has 2 amide bonds. The first-order valence-corrected chi connectivity index (χ1v) is 13.0. The normalized spacial score (nSPS) is 11.1.